The summed E-state index contributed by atoms with van der Waals surface area (Å²) in [5, 5.41) is 5.30. The molecule has 1 N–H and O–H groups in total. The zero-order chi connectivity index (χ0) is 14.4. The molecule has 6 heteroatoms. The van der Waals surface area contributed by atoms with E-state index in [0.29, 0.717) is 13.0 Å². The Hall–Kier alpha value is -0.430. The highest BCUT2D eigenvalue weighted by Crippen LogP contribution is 2.19. The van der Waals surface area contributed by atoms with Crippen molar-refractivity contribution in [3.05, 3.63) is 22.4 Å². The first-order chi connectivity index (χ1) is 9.63. The Morgan fingerprint density at radius 1 is 1.40 bits per heavy atom. The number of rotatable bonds is 7. The Morgan fingerprint density at radius 2 is 2.15 bits per heavy atom. The molecule has 1 aliphatic rings. The normalized spacial score (nSPS) is 17.7. The zero-order valence-electron chi connectivity index (χ0n) is 12.0. The molecule has 0 aromatic carbocycles. The topological polar surface area (TPSA) is 49.4 Å². The van der Waals surface area contributed by atoms with E-state index >= 15 is 0 Å². The monoisotopic (exact) mass is 316 g/mol. The molecule has 1 aliphatic heterocycles. The van der Waals surface area contributed by atoms with Gasteiger partial charge >= 0.3 is 0 Å². The Balaban J connectivity index is 2.01. The van der Waals surface area contributed by atoms with Crippen LogP contribution in [0.5, 0.6) is 0 Å². The van der Waals surface area contributed by atoms with Crippen molar-refractivity contribution in [1.82, 2.24) is 9.62 Å². The van der Waals surface area contributed by atoms with E-state index in [-0.39, 0.29) is 11.8 Å². The van der Waals surface area contributed by atoms with Crippen LogP contribution >= 0.6 is 11.3 Å². The van der Waals surface area contributed by atoms with Crippen molar-refractivity contribution in [2.24, 2.45) is 0 Å². The van der Waals surface area contributed by atoms with Crippen molar-refractivity contribution in [3.8, 4) is 0 Å². The van der Waals surface area contributed by atoms with Gasteiger partial charge in [0.05, 0.1) is 5.75 Å². The summed E-state index contributed by atoms with van der Waals surface area (Å²) in [7, 11) is -3.15. The van der Waals surface area contributed by atoms with Gasteiger partial charge in [-0.3, -0.25) is 0 Å². The summed E-state index contributed by atoms with van der Waals surface area (Å²) in [5.41, 5.74) is 0. The number of nitrogens with one attached hydrogen (secondary N) is 1. The molecule has 0 radical (unpaired) electrons. The van der Waals surface area contributed by atoms with Gasteiger partial charge in [-0.15, -0.1) is 11.3 Å². The van der Waals surface area contributed by atoms with Gasteiger partial charge in [0.15, 0.2) is 0 Å². The fourth-order valence-electron chi connectivity index (χ4n) is 2.67. The standard InChI is InChI=1S/C14H24N2O2S2/c1-2-10-16(13-5-8-15-9-6-13)20(17,18)12-7-14-4-3-11-19-14/h3-4,11,13,15H,2,5-10,12H2,1H3. The number of nitrogens with zero attached hydrogens (tertiary/aromatic N) is 1. The van der Waals surface area contributed by atoms with E-state index in [0.717, 1.165) is 37.2 Å². The molecule has 1 fully saturated rings. The number of aryl methyl sites for hydroxylation is 1. The lowest BCUT2D eigenvalue weighted by atomic mass is 10.1. The SMILES string of the molecule is CCCN(C1CCNCC1)S(=O)(=O)CCc1cccs1. The molecular formula is C14H24N2O2S2. The summed E-state index contributed by atoms with van der Waals surface area (Å²) in [5.74, 6) is 0.234. The van der Waals surface area contributed by atoms with E-state index in [2.05, 4.69) is 5.32 Å². The lowest BCUT2D eigenvalue weighted by molar-refractivity contribution is 0.262. The Kier molecular flexibility index (Phi) is 6.01. The Bertz CT molecular complexity index is 479. The van der Waals surface area contributed by atoms with Crippen LogP contribution in [0.25, 0.3) is 0 Å². The van der Waals surface area contributed by atoms with E-state index < -0.39 is 10.0 Å². The molecule has 0 atom stereocenters. The maximum atomic E-state index is 12.6. The second-order valence-electron chi connectivity index (χ2n) is 5.24. The highest BCUT2D eigenvalue weighted by molar-refractivity contribution is 7.89. The molecule has 4 nitrogen and oxygen atoms in total. The second kappa shape index (κ2) is 7.54. The fourth-order valence-corrected chi connectivity index (χ4v) is 5.34. The van der Waals surface area contributed by atoms with Crippen molar-refractivity contribution >= 4 is 21.4 Å². The summed E-state index contributed by atoms with van der Waals surface area (Å²) in [6, 6.07) is 4.17. The maximum absolute atomic E-state index is 12.6. The molecule has 20 heavy (non-hydrogen) atoms. The maximum Gasteiger partial charge on any atom is 0.214 e. The summed E-state index contributed by atoms with van der Waals surface area (Å²) < 4.78 is 27.0. The smallest absolute Gasteiger partial charge is 0.214 e. The zero-order valence-corrected chi connectivity index (χ0v) is 13.7. The van der Waals surface area contributed by atoms with Gasteiger partial charge in [0.25, 0.3) is 0 Å². The molecule has 1 aromatic rings. The van der Waals surface area contributed by atoms with E-state index in [1.54, 1.807) is 15.6 Å². The summed E-state index contributed by atoms with van der Waals surface area (Å²) >= 11 is 1.63. The van der Waals surface area contributed by atoms with E-state index in [9.17, 15) is 8.42 Å². The van der Waals surface area contributed by atoms with Gasteiger partial charge in [0.1, 0.15) is 0 Å². The molecule has 0 bridgehead atoms. The van der Waals surface area contributed by atoms with Gasteiger partial charge in [0.2, 0.25) is 10.0 Å². The summed E-state index contributed by atoms with van der Waals surface area (Å²) in [6.45, 7) is 4.54. The average molecular weight is 316 g/mol. The van der Waals surface area contributed by atoms with Crippen LogP contribution in [0.4, 0.5) is 0 Å². The van der Waals surface area contributed by atoms with Crippen molar-refractivity contribution in [1.29, 1.82) is 0 Å². The number of hydrogen-bond donors (Lipinski definition) is 1. The third-order valence-corrected chi connectivity index (χ3v) is 6.56. The third kappa shape index (κ3) is 4.28. The van der Waals surface area contributed by atoms with Crippen LogP contribution in [0.15, 0.2) is 17.5 Å². The summed E-state index contributed by atoms with van der Waals surface area (Å²) in [6.07, 6.45) is 3.36. The predicted octanol–water partition coefficient (Wildman–Crippen LogP) is 2.08. The first-order valence-corrected chi connectivity index (χ1v) is 9.85. The van der Waals surface area contributed by atoms with Crippen LogP contribution < -0.4 is 5.32 Å². The minimum Gasteiger partial charge on any atom is -0.317 e. The van der Waals surface area contributed by atoms with Crippen molar-refractivity contribution in [3.63, 3.8) is 0 Å². The molecule has 2 heterocycles. The van der Waals surface area contributed by atoms with Gasteiger partial charge in [0, 0.05) is 17.5 Å². The molecule has 0 saturated carbocycles. The number of hydrogen-bond acceptors (Lipinski definition) is 4. The number of piperidine rings is 1. The van der Waals surface area contributed by atoms with Crippen LogP contribution in [0, 0.1) is 0 Å². The molecule has 1 aromatic heterocycles. The van der Waals surface area contributed by atoms with Gasteiger partial charge in [-0.05, 0) is 50.2 Å². The fraction of sp³-hybridized carbons (Fsp3) is 0.714. The minimum atomic E-state index is -3.15. The highest BCUT2D eigenvalue weighted by Gasteiger charge is 2.29. The molecule has 0 amide bonds. The van der Waals surface area contributed by atoms with E-state index in [1.807, 2.05) is 24.4 Å². The third-order valence-electron chi connectivity index (χ3n) is 3.70. The van der Waals surface area contributed by atoms with Crippen LogP contribution in [-0.2, 0) is 16.4 Å². The first-order valence-electron chi connectivity index (χ1n) is 7.36. The molecule has 0 aliphatic carbocycles. The number of sulfonamides is 1. The van der Waals surface area contributed by atoms with Crippen LogP contribution in [0.3, 0.4) is 0 Å². The lowest BCUT2D eigenvalue weighted by Gasteiger charge is -2.33. The highest BCUT2D eigenvalue weighted by atomic mass is 32.2. The van der Waals surface area contributed by atoms with Crippen LogP contribution in [-0.4, -0.2) is 44.2 Å². The van der Waals surface area contributed by atoms with Crippen molar-refractivity contribution < 1.29 is 8.42 Å². The molecule has 0 unspecified atom stereocenters. The molecular weight excluding hydrogens is 292 g/mol. The second-order valence-corrected chi connectivity index (χ2v) is 8.31. The lowest BCUT2D eigenvalue weighted by Crippen LogP contribution is -2.47. The van der Waals surface area contributed by atoms with Crippen molar-refractivity contribution in [2.45, 2.75) is 38.6 Å². The summed E-state index contributed by atoms with van der Waals surface area (Å²) in [4.78, 5) is 1.15. The molecule has 2 rings (SSSR count). The van der Waals surface area contributed by atoms with Crippen LogP contribution in [0.2, 0.25) is 0 Å². The minimum absolute atomic E-state index is 0.185. The van der Waals surface area contributed by atoms with E-state index in [4.69, 9.17) is 0 Å². The largest absolute Gasteiger partial charge is 0.317 e. The number of thiophene rings is 1. The van der Waals surface area contributed by atoms with Crippen molar-refractivity contribution in [2.75, 3.05) is 25.4 Å². The van der Waals surface area contributed by atoms with Gasteiger partial charge in [-0.2, -0.15) is 4.31 Å². The predicted molar refractivity (Wildman–Crippen MR) is 84.7 cm³/mol. The van der Waals surface area contributed by atoms with E-state index in [1.165, 1.54) is 0 Å². The Labute approximate surface area is 126 Å². The van der Waals surface area contributed by atoms with Gasteiger partial charge in [-0.1, -0.05) is 13.0 Å². The average Bonchev–Trinajstić information content (AvgIpc) is 2.97. The van der Waals surface area contributed by atoms with Crippen LogP contribution in [0.1, 0.15) is 31.1 Å². The molecule has 1 saturated heterocycles. The van der Waals surface area contributed by atoms with Gasteiger partial charge < -0.3 is 5.32 Å². The Morgan fingerprint density at radius 3 is 2.75 bits per heavy atom. The van der Waals surface area contributed by atoms with Gasteiger partial charge in [-0.25, -0.2) is 8.42 Å². The first kappa shape index (κ1) is 15.9. The molecule has 114 valence electrons. The quantitative estimate of drug-likeness (QED) is 0.838. The molecule has 0 spiro atoms.